The third-order valence-corrected chi connectivity index (χ3v) is 6.65. The van der Waals surface area contributed by atoms with E-state index in [0.29, 0.717) is 0 Å². The molecule has 19 heavy (non-hydrogen) atoms. The summed E-state index contributed by atoms with van der Waals surface area (Å²) in [4.78, 5) is 0. The third kappa shape index (κ3) is 4.23. The van der Waals surface area contributed by atoms with Crippen molar-refractivity contribution in [3.8, 4) is 0 Å². The van der Waals surface area contributed by atoms with Gasteiger partial charge in [-0.05, 0) is 54.3 Å². The summed E-state index contributed by atoms with van der Waals surface area (Å²) in [7, 11) is 0. The molecule has 114 valence electrons. The molecule has 1 aliphatic carbocycles. The van der Waals surface area contributed by atoms with E-state index < -0.39 is 0 Å². The van der Waals surface area contributed by atoms with E-state index >= 15 is 0 Å². The minimum Gasteiger partial charge on any atom is -0.0654 e. The maximum absolute atomic E-state index is 2.51. The van der Waals surface area contributed by atoms with Crippen LogP contribution < -0.4 is 0 Å². The monoisotopic (exact) mass is 266 g/mol. The zero-order valence-electron chi connectivity index (χ0n) is 14.6. The van der Waals surface area contributed by atoms with E-state index in [2.05, 4.69) is 48.5 Å². The van der Waals surface area contributed by atoms with Gasteiger partial charge in [0.1, 0.15) is 0 Å². The van der Waals surface area contributed by atoms with E-state index in [1.54, 1.807) is 0 Å². The van der Waals surface area contributed by atoms with Gasteiger partial charge < -0.3 is 0 Å². The zero-order chi connectivity index (χ0) is 14.6. The minimum atomic E-state index is 0.878. The van der Waals surface area contributed by atoms with Crippen molar-refractivity contribution in [2.75, 3.05) is 0 Å². The number of rotatable bonds is 3. The average molecular weight is 267 g/mol. The Morgan fingerprint density at radius 2 is 1.16 bits per heavy atom. The molecule has 0 bridgehead atoms. The highest BCUT2D eigenvalue weighted by molar-refractivity contribution is 4.83. The van der Waals surface area contributed by atoms with Crippen molar-refractivity contribution < 1.29 is 0 Å². The molecule has 0 amide bonds. The Hall–Kier alpha value is 0. The van der Waals surface area contributed by atoms with Crippen molar-refractivity contribution in [2.45, 2.75) is 80.6 Å². The molecular weight excluding hydrogens is 228 g/mol. The Labute approximate surface area is 122 Å². The number of hydrogen-bond acceptors (Lipinski definition) is 0. The topological polar surface area (TPSA) is 0 Å². The van der Waals surface area contributed by atoms with Gasteiger partial charge in [-0.3, -0.25) is 0 Å². The predicted octanol–water partition coefficient (Wildman–Crippen LogP) is 6.40. The molecule has 7 unspecified atom stereocenters. The molecule has 1 fully saturated rings. The van der Waals surface area contributed by atoms with Gasteiger partial charge in [0.2, 0.25) is 0 Å². The Bertz CT molecular complexity index is 244. The lowest BCUT2D eigenvalue weighted by Gasteiger charge is -2.32. The molecule has 0 saturated heterocycles. The fraction of sp³-hybridized carbons (Fsp3) is 1.00. The molecule has 0 N–H and O–H groups in total. The van der Waals surface area contributed by atoms with Crippen LogP contribution >= 0.6 is 0 Å². The molecule has 0 aromatic rings. The third-order valence-electron chi connectivity index (χ3n) is 6.65. The molecule has 0 heteroatoms. The van der Waals surface area contributed by atoms with Crippen molar-refractivity contribution >= 4 is 0 Å². The van der Waals surface area contributed by atoms with Gasteiger partial charge in [0.15, 0.2) is 0 Å². The lowest BCUT2D eigenvalue weighted by Crippen LogP contribution is -2.25. The molecule has 1 rings (SSSR count). The number of hydrogen-bond donors (Lipinski definition) is 0. The Kier molecular flexibility index (Phi) is 6.91. The van der Waals surface area contributed by atoms with Crippen LogP contribution in [0.1, 0.15) is 80.6 Å². The second-order valence-electron chi connectivity index (χ2n) is 7.72. The largest absolute Gasteiger partial charge is 0.0654 e. The second kappa shape index (κ2) is 7.70. The summed E-state index contributed by atoms with van der Waals surface area (Å²) in [5.74, 6) is 6.38. The normalized spacial score (nSPS) is 45.3. The molecule has 7 atom stereocenters. The molecule has 1 aliphatic rings. The van der Waals surface area contributed by atoms with Crippen molar-refractivity contribution in [1.29, 1.82) is 0 Å². The summed E-state index contributed by atoms with van der Waals surface area (Å²) >= 11 is 0. The molecule has 0 aromatic heterocycles. The molecule has 0 nitrogen and oxygen atoms in total. The second-order valence-corrected chi connectivity index (χ2v) is 7.72. The van der Waals surface area contributed by atoms with Crippen LogP contribution in [-0.4, -0.2) is 0 Å². The highest BCUT2D eigenvalue weighted by Gasteiger charge is 2.34. The van der Waals surface area contributed by atoms with Gasteiger partial charge in [-0.15, -0.1) is 0 Å². The Balaban J connectivity index is 2.93. The summed E-state index contributed by atoms with van der Waals surface area (Å²) in [5.41, 5.74) is 0. The first-order valence-electron chi connectivity index (χ1n) is 8.92. The molecule has 0 aromatic carbocycles. The first-order chi connectivity index (χ1) is 8.92. The summed E-state index contributed by atoms with van der Waals surface area (Å²) in [5, 5.41) is 0. The van der Waals surface area contributed by atoms with Gasteiger partial charge in [-0.2, -0.15) is 0 Å². The maximum atomic E-state index is 2.51. The van der Waals surface area contributed by atoms with E-state index in [9.17, 15) is 0 Å². The first kappa shape index (κ1) is 17.1. The van der Waals surface area contributed by atoms with Crippen molar-refractivity contribution in [2.24, 2.45) is 41.4 Å². The van der Waals surface area contributed by atoms with Crippen molar-refractivity contribution in [1.82, 2.24) is 0 Å². The van der Waals surface area contributed by atoms with Crippen LogP contribution in [0.15, 0.2) is 0 Å². The zero-order valence-corrected chi connectivity index (χ0v) is 14.6. The van der Waals surface area contributed by atoms with Gasteiger partial charge >= 0.3 is 0 Å². The standard InChI is InChI=1S/C19H38/c1-8-10-19-12-14(4)16(6)17(7)15(5)13(3)11-18(19)9-2/h13-19H,8-12H2,1-7H3. The van der Waals surface area contributed by atoms with Gasteiger partial charge in [0, 0.05) is 0 Å². The van der Waals surface area contributed by atoms with Crippen molar-refractivity contribution in [3.63, 3.8) is 0 Å². The molecule has 0 radical (unpaired) electrons. The van der Waals surface area contributed by atoms with Crippen LogP contribution in [0.5, 0.6) is 0 Å². The van der Waals surface area contributed by atoms with Crippen LogP contribution in [0, 0.1) is 41.4 Å². The van der Waals surface area contributed by atoms with Crippen LogP contribution in [0.2, 0.25) is 0 Å². The summed E-state index contributed by atoms with van der Waals surface area (Å²) < 4.78 is 0. The van der Waals surface area contributed by atoms with E-state index in [4.69, 9.17) is 0 Å². The SMILES string of the molecule is CCCC1CC(C)C(C)C(C)C(C)C(C)CC1CC. The van der Waals surface area contributed by atoms with Gasteiger partial charge in [-0.25, -0.2) is 0 Å². The van der Waals surface area contributed by atoms with E-state index in [1.165, 1.54) is 32.1 Å². The quantitative estimate of drug-likeness (QED) is 0.554. The van der Waals surface area contributed by atoms with E-state index in [0.717, 1.165) is 41.4 Å². The molecular formula is C19H38. The smallest absolute Gasteiger partial charge is 0.0383 e. The van der Waals surface area contributed by atoms with Crippen LogP contribution in [0.4, 0.5) is 0 Å². The highest BCUT2D eigenvalue weighted by Crippen LogP contribution is 2.42. The van der Waals surface area contributed by atoms with Gasteiger partial charge in [-0.1, -0.05) is 67.7 Å². The predicted molar refractivity (Wildman–Crippen MR) is 87.2 cm³/mol. The fourth-order valence-electron chi connectivity index (χ4n) is 4.51. The lowest BCUT2D eigenvalue weighted by molar-refractivity contribution is 0.168. The van der Waals surface area contributed by atoms with E-state index in [1.807, 2.05) is 0 Å². The van der Waals surface area contributed by atoms with Crippen LogP contribution in [0.3, 0.4) is 0 Å². The lowest BCUT2D eigenvalue weighted by atomic mass is 9.73. The summed E-state index contributed by atoms with van der Waals surface area (Å²) in [6.07, 6.45) is 7.13. The fourth-order valence-corrected chi connectivity index (χ4v) is 4.51. The molecule has 1 saturated carbocycles. The maximum Gasteiger partial charge on any atom is -0.0383 e. The van der Waals surface area contributed by atoms with Crippen LogP contribution in [0.25, 0.3) is 0 Å². The average Bonchev–Trinajstić information content (AvgIpc) is 2.42. The van der Waals surface area contributed by atoms with Crippen molar-refractivity contribution in [3.05, 3.63) is 0 Å². The highest BCUT2D eigenvalue weighted by atomic mass is 14.4. The van der Waals surface area contributed by atoms with Gasteiger partial charge in [0.25, 0.3) is 0 Å². The Morgan fingerprint density at radius 3 is 1.58 bits per heavy atom. The molecule has 0 heterocycles. The Morgan fingerprint density at radius 1 is 0.684 bits per heavy atom. The first-order valence-corrected chi connectivity index (χ1v) is 8.92. The summed E-state index contributed by atoms with van der Waals surface area (Å²) in [6, 6.07) is 0. The van der Waals surface area contributed by atoms with Gasteiger partial charge in [0.05, 0.1) is 0 Å². The molecule has 0 aliphatic heterocycles. The van der Waals surface area contributed by atoms with E-state index in [-0.39, 0.29) is 0 Å². The van der Waals surface area contributed by atoms with Crippen LogP contribution in [-0.2, 0) is 0 Å². The summed E-state index contributed by atoms with van der Waals surface area (Å²) in [6.45, 7) is 17.3. The minimum absolute atomic E-state index is 0.878. The molecule has 0 spiro atoms.